The molecule has 0 saturated heterocycles. The quantitative estimate of drug-likeness (QED) is 0.556. The number of aromatic nitrogens is 2. The first-order valence-electron chi connectivity index (χ1n) is 3.11. The Morgan fingerprint density at radius 2 is 2.25 bits per heavy atom. The Hall–Kier alpha value is -1.37. The first kappa shape index (κ1) is 7.29. The summed E-state index contributed by atoms with van der Waals surface area (Å²) in [6, 6.07) is 0. The monoisotopic (exact) mass is 187 g/mol. The average Bonchev–Trinajstić information content (AvgIpc) is 2.38. The van der Waals surface area contributed by atoms with Crippen LogP contribution in [0.4, 0.5) is 0 Å². The van der Waals surface area contributed by atoms with Gasteiger partial charge < -0.3 is 0 Å². The van der Waals surface area contributed by atoms with Crippen LogP contribution in [0, 0.1) is 0 Å². The van der Waals surface area contributed by atoms with E-state index in [2.05, 4.69) is 5.10 Å². The maximum absolute atomic E-state index is 11.2. The molecule has 0 unspecified atom stereocenters. The van der Waals surface area contributed by atoms with Gasteiger partial charge in [-0.1, -0.05) is 0 Å². The average molecular weight is 187 g/mol. The molecule has 0 saturated carbocycles. The van der Waals surface area contributed by atoms with Crippen molar-refractivity contribution in [2.75, 3.05) is 0 Å². The lowest BCUT2D eigenvalue weighted by Crippen LogP contribution is -2.22. The molecule has 1 aromatic rings. The SMILES string of the molecule is Cn1ncc2c1S(=O)(=O)NC2=O. The van der Waals surface area contributed by atoms with E-state index in [1.165, 1.54) is 13.2 Å². The van der Waals surface area contributed by atoms with Crippen LogP contribution in [0.1, 0.15) is 10.4 Å². The van der Waals surface area contributed by atoms with Gasteiger partial charge in [-0.15, -0.1) is 0 Å². The van der Waals surface area contributed by atoms with Crippen molar-refractivity contribution in [3.63, 3.8) is 0 Å². The molecule has 0 bridgehead atoms. The lowest BCUT2D eigenvalue weighted by atomic mass is 10.3. The fourth-order valence-corrected chi connectivity index (χ4v) is 2.41. The Balaban J connectivity index is 2.86. The van der Waals surface area contributed by atoms with Crippen LogP contribution in [0.3, 0.4) is 0 Å². The highest BCUT2D eigenvalue weighted by molar-refractivity contribution is 7.90. The molecule has 6 nitrogen and oxygen atoms in total. The molecule has 64 valence electrons. The van der Waals surface area contributed by atoms with E-state index in [4.69, 9.17) is 0 Å². The van der Waals surface area contributed by atoms with Crippen molar-refractivity contribution in [2.24, 2.45) is 7.05 Å². The molecular weight excluding hydrogens is 182 g/mol. The third-order valence-electron chi connectivity index (χ3n) is 1.61. The van der Waals surface area contributed by atoms with Crippen LogP contribution in [0.15, 0.2) is 11.2 Å². The standard InChI is InChI=1S/C5H5N3O3S/c1-8-5-3(2-6-8)4(9)7-12(5,10)11/h2H,1H3,(H,7,9). The first-order valence-corrected chi connectivity index (χ1v) is 4.60. The Labute approximate surface area is 68.2 Å². The summed E-state index contributed by atoms with van der Waals surface area (Å²) in [6.07, 6.45) is 1.23. The zero-order valence-electron chi connectivity index (χ0n) is 6.10. The number of sulfonamides is 1. The van der Waals surface area contributed by atoms with Gasteiger partial charge in [-0.3, -0.25) is 9.48 Å². The van der Waals surface area contributed by atoms with Gasteiger partial charge in [0, 0.05) is 7.05 Å². The maximum atomic E-state index is 11.2. The molecule has 0 atom stereocenters. The fourth-order valence-electron chi connectivity index (χ4n) is 1.13. The lowest BCUT2D eigenvalue weighted by Gasteiger charge is -1.95. The van der Waals surface area contributed by atoms with Crippen LogP contribution in [-0.2, 0) is 17.1 Å². The normalized spacial score (nSPS) is 18.9. The minimum absolute atomic E-state index is 0.0625. The van der Waals surface area contributed by atoms with Crippen LogP contribution < -0.4 is 4.72 Å². The minimum Gasteiger partial charge on any atom is -0.268 e. The smallest absolute Gasteiger partial charge is 0.268 e. The van der Waals surface area contributed by atoms with E-state index in [-0.39, 0.29) is 10.6 Å². The molecule has 0 radical (unpaired) electrons. The topological polar surface area (TPSA) is 81.1 Å². The van der Waals surface area contributed by atoms with Gasteiger partial charge >= 0.3 is 0 Å². The molecule has 1 N–H and O–H groups in total. The molecular formula is C5H5N3O3S. The lowest BCUT2D eigenvalue weighted by molar-refractivity contribution is 0.0985. The Kier molecular flexibility index (Phi) is 1.13. The van der Waals surface area contributed by atoms with E-state index < -0.39 is 15.9 Å². The molecule has 0 fully saturated rings. The molecule has 2 heterocycles. The van der Waals surface area contributed by atoms with Gasteiger partial charge in [-0.2, -0.15) is 13.5 Å². The highest BCUT2D eigenvalue weighted by Crippen LogP contribution is 2.20. The van der Waals surface area contributed by atoms with Gasteiger partial charge in [0.1, 0.15) is 0 Å². The van der Waals surface area contributed by atoms with E-state index in [0.29, 0.717) is 0 Å². The predicted octanol–water partition coefficient (Wildman–Crippen LogP) is -1.15. The van der Waals surface area contributed by atoms with Crippen molar-refractivity contribution in [3.8, 4) is 0 Å². The number of hydrogen-bond acceptors (Lipinski definition) is 4. The largest absolute Gasteiger partial charge is 0.282 e. The summed E-state index contributed by atoms with van der Waals surface area (Å²) >= 11 is 0. The van der Waals surface area contributed by atoms with Crippen LogP contribution in [0.5, 0.6) is 0 Å². The van der Waals surface area contributed by atoms with E-state index in [1.54, 1.807) is 0 Å². The summed E-state index contributed by atoms with van der Waals surface area (Å²) < 4.78 is 25.3. The molecule has 1 aromatic heterocycles. The number of nitrogens with one attached hydrogen (secondary N) is 1. The van der Waals surface area contributed by atoms with Crippen molar-refractivity contribution >= 4 is 15.9 Å². The molecule has 0 aliphatic carbocycles. The summed E-state index contributed by atoms with van der Waals surface area (Å²) in [5.41, 5.74) is 0.109. The molecule has 1 aliphatic rings. The van der Waals surface area contributed by atoms with Gasteiger partial charge in [0.25, 0.3) is 15.9 Å². The molecule has 0 aromatic carbocycles. The summed E-state index contributed by atoms with van der Waals surface area (Å²) in [4.78, 5) is 11.0. The van der Waals surface area contributed by atoms with Crippen LogP contribution in [-0.4, -0.2) is 24.1 Å². The minimum atomic E-state index is -3.64. The highest BCUT2D eigenvalue weighted by Gasteiger charge is 2.36. The number of nitrogens with zero attached hydrogens (tertiary/aromatic N) is 2. The van der Waals surface area contributed by atoms with Crippen LogP contribution >= 0.6 is 0 Å². The Morgan fingerprint density at radius 3 is 2.83 bits per heavy atom. The summed E-state index contributed by atoms with van der Waals surface area (Å²) in [5, 5.41) is 3.60. The Bertz CT molecular complexity index is 458. The summed E-state index contributed by atoms with van der Waals surface area (Å²) in [5.74, 6) is -0.613. The fraction of sp³-hybridized carbons (Fsp3) is 0.200. The maximum Gasteiger partial charge on any atom is 0.282 e. The number of fused-ring (bicyclic) bond motifs is 1. The molecule has 0 spiro atoms. The number of rotatable bonds is 0. The molecule has 7 heteroatoms. The second kappa shape index (κ2) is 1.86. The summed E-state index contributed by atoms with van der Waals surface area (Å²) in [6.45, 7) is 0. The second-order valence-electron chi connectivity index (χ2n) is 2.42. The number of hydrogen-bond donors (Lipinski definition) is 1. The zero-order chi connectivity index (χ0) is 8.93. The van der Waals surface area contributed by atoms with Gasteiger partial charge in [0.15, 0.2) is 5.03 Å². The molecule has 12 heavy (non-hydrogen) atoms. The first-order chi connectivity index (χ1) is 5.52. The van der Waals surface area contributed by atoms with Crippen molar-refractivity contribution in [1.82, 2.24) is 14.5 Å². The van der Waals surface area contributed by atoms with Crippen molar-refractivity contribution < 1.29 is 13.2 Å². The summed E-state index contributed by atoms with van der Waals surface area (Å²) in [7, 11) is -2.17. The van der Waals surface area contributed by atoms with Crippen molar-refractivity contribution in [1.29, 1.82) is 0 Å². The van der Waals surface area contributed by atoms with Crippen molar-refractivity contribution in [3.05, 3.63) is 11.8 Å². The molecule has 2 rings (SSSR count). The molecule has 1 aliphatic heterocycles. The van der Waals surface area contributed by atoms with Gasteiger partial charge in [-0.25, -0.2) is 4.72 Å². The number of carbonyl (C=O) groups excluding carboxylic acids is 1. The van der Waals surface area contributed by atoms with E-state index in [0.717, 1.165) is 4.68 Å². The zero-order valence-corrected chi connectivity index (χ0v) is 6.92. The predicted molar refractivity (Wildman–Crippen MR) is 37.9 cm³/mol. The van der Waals surface area contributed by atoms with E-state index >= 15 is 0 Å². The van der Waals surface area contributed by atoms with Gasteiger partial charge in [0.2, 0.25) is 0 Å². The number of carbonyl (C=O) groups is 1. The van der Waals surface area contributed by atoms with E-state index in [1.807, 2.05) is 4.72 Å². The van der Waals surface area contributed by atoms with Crippen molar-refractivity contribution in [2.45, 2.75) is 5.03 Å². The molecule has 1 amide bonds. The third-order valence-corrected chi connectivity index (χ3v) is 3.06. The Morgan fingerprint density at radius 1 is 1.58 bits per heavy atom. The highest BCUT2D eigenvalue weighted by atomic mass is 32.2. The van der Waals surface area contributed by atoms with E-state index in [9.17, 15) is 13.2 Å². The van der Waals surface area contributed by atoms with Gasteiger partial charge in [0.05, 0.1) is 11.8 Å². The second-order valence-corrected chi connectivity index (χ2v) is 4.02. The number of aryl methyl sites for hydroxylation is 1. The third kappa shape index (κ3) is 0.708. The van der Waals surface area contributed by atoms with Crippen LogP contribution in [0.25, 0.3) is 0 Å². The van der Waals surface area contributed by atoms with Crippen LogP contribution in [0.2, 0.25) is 0 Å². The van der Waals surface area contributed by atoms with Gasteiger partial charge in [-0.05, 0) is 0 Å². The number of amides is 1.